The molecule has 304 valence electrons. The third kappa shape index (κ3) is 14.6. The first kappa shape index (κ1) is 45.5. The molecule has 16 heteroatoms. The van der Waals surface area contributed by atoms with Crippen molar-refractivity contribution >= 4 is 56.1 Å². The van der Waals surface area contributed by atoms with E-state index in [-0.39, 0.29) is 88.1 Å². The number of fused-ring (bicyclic) bond motifs is 1. The van der Waals surface area contributed by atoms with Crippen LogP contribution in [0, 0.1) is 5.82 Å². The van der Waals surface area contributed by atoms with Crippen LogP contribution in [-0.4, -0.2) is 75.8 Å². The maximum absolute atomic E-state index is 13.6. The van der Waals surface area contributed by atoms with Gasteiger partial charge in [-0.2, -0.15) is 0 Å². The van der Waals surface area contributed by atoms with Crippen LogP contribution in [0.25, 0.3) is 22.3 Å². The van der Waals surface area contributed by atoms with Gasteiger partial charge >= 0.3 is 84.1 Å². The predicted molar refractivity (Wildman–Crippen MR) is 203 cm³/mol. The maximum atomic E-state index is 13.6. The number of alkyl halides is 1. The molecule has 1 saturated carbocycles. The molecule has 0 radical (unpaired) electrons. The van der Waals surface area contributed by atoms with Crippen molar-refractivity contribution in [1.82, 2.24) is 5.32 Å². The standard InChI is InChI=1S/C32H37FN2O8S.C7H15INO2/c1-4-27(37)31-25-17-24(20-8-9-20)26(18-28(25)43-32(31)21-10-12-22(33)13-11-21)35(44(3,40)41)19-23(36)14-15-29(38)34-16-6-5-7-30(39)42-2;1-11-7(10)5-3-2-4-6-8-9/h10-13,17-18,20H,4-9,14-16,19H2,1-3H3,(H,34,38);2-6,9H2,1H3/q;-1. The average molecular weight is 901 g/mol. The molecule has 0 unspecified atom stereocenters. The van der Waals surface area contributed by atoms with E-state index in [1.165, 1.54) is 49.3 Å². The van der Waals surface area contributed by atoms with Gasteiger partial charge in [-0.05, 0) is 67.5 Å². The number of Topliss-reactive ketones (excluding diaryl/α,β-unsaturated/α-hetero) is 2. The van der Waals surface area contributed by atoms with E-state index >= 15 is 0 Å². The van der Waals surface area contributed by atoms with E-state index in [1.54, 1.807) is 19.1 Å². The molecule has 13 nitrogen and oxygen atoms in total. The Morgan fingerprint density at radius 1 is 0.927 bits per heavy atom. The van der Waals surface area contributed by atoms with E-state index in [2.05, 4.69) is 14.8 Å². The summed E-state index contributed by atoms with van der Waals surface area (Å²) in [6.07, 6.45) is 7.74. The SMILES string of the molecule is CCC(=O)c1c(-c2ccc(F)cc2)oc2cc(N(CC(=O)CCC(=O)NCCCCC(=O)OC)S(C)(=O)=O)c(C3CC3)cc12.COC(=O)CCCCC[I-]N. The number of hydrogen-bond donors (Lipinski definition) is 2. The summed E-state index contributed by atoms with van der Waals surface area (Å²) in [6.45, 7) is 1.60. The van der Waals surface area contributed by atoms with Crippen molar-refractivity contribution in [2.45, 2.75) is 89.9 Å². The second kappa shape index (κ2) is 22.6. The van der Waals surface area contributed by atoms with E-state index in [0.29, 0.717) is 53.6 Å². The Labute approximate surface area is 332 Å². The van der Waals surface area contributed by atoms with Gasteiger partial charge in [0, 0.05) is 49.2 Å². The first-order chi connectivity index (χ1) is 26.2. The number of nitrogens with zero attached hydrogens (tertiary/aromatic N) is 1. The van der Waals surface area contributed by atoms with Crippen molar-refractivity contribution in [2.24, 2.45) is 3.95 Å². The summed E-state index contributed by atoms with van der Waals surface area (Å²) in [5.74, 6) is -1.51. The number of furan rings is 1. The van der Waals surface area contributed by atoms with Crippen molar-refractivity contribution < 1.29 is 72.2 Å². The van der Waals surface area contributed by atoms with Gasteiger partial charge in [-0.15, -0.1) is 0 Å². The van der Waals surface area contributed by atoms with Crippen LogP contribution in [0.1, 0.15) is 106 Å². The van der Waals surface area contributed by atoms with E-state index in [0.717, 1.165) is 36.2 Å². The fraction of sp³-hybridized carbons (Fsp3) is 0.513. The third-order valence-corrected chi connectivity index (χ3v) is 11.4. The topological polar surface area (TPSA) is 192 Å². The summed E-state index contributed by atoms with van der Waals surface area (Å²) in [7, 11) is -1.20. The monoisotopic (exact) mass is 900 g/mol. The summed E-state index contributed by atoms with van der Waals surface area (Å²) < 4.78 is 62.5. The van der Waals surface area contributed by atoms with Crippen LogP contribution in [0.5, 0.6) is 0 Å². The number of carbonyl (C=O) groups is 5. The molecule has 1 heterocycles. The summed E-state index contributed by atoms with van der Waals surface area (Å²) in [6, 6.07) is 8.90. The molecule has 0 bridgehead atoms. The number of benzene rings is 2. The molecule has 0 saturated heterocycles. The Hall–Kier alpha value is -3.90. The van der Waals surface area contributed by atoms with Gasteiger partial charge in [-0.25, -0.2) is 12.8 Å². The van der Waals surface area contributed by atoms with Gasteiger partial charge in [-0.3, -0.25) is 23.5 Å². The fourth-order valence-electron chi connectivity index (χ4n) is 5.75. The van der Waals surface area contributed by atoms with Crippen molar-refractivity contribution in [3.63, 3.8) is 0 Å². The van der Waals surface area contributed by atoms with Crippen LogP contribution in [0.15, 0.2) is 40.8 Å². The number of amides is 1. The first-order valence-corrected chi connectivity index (χ1v) is 22.9. The number of esters is 2. The van der Waals surface area contributed by atoms with E-state index in [9.17, 15) is 36.8 Å². The zero-order chi connectivity index (χ0) is 40.5. The molecule has 3 aromatic rings. The Morgan fingerprint density at radius 3 is 2.13 bits per heavy atom. The zero-order valence-corrected chi connectivity index (χ0v) is 34.9. The molecular formula is C39H52FIN3O10S-. The number of anilines is 1. The van der Waals surface area contributed by atoms with Crippen LogP contribution in [0.3, 0.4) is 0 Å². The molecule has 1 aromatic heterocycles. The van der Waals surface area contributed by atoms with E-state index in [4.69, 9.17) is 8.36 Å². The van der Waals surface area contributed by atoms with Gasteiger partial charge in [-0.1, -0.05) is 6.92 Å². The van der Waals surface area contributed by atoms with E-state index < -0.39 is 28.2 Å². The number of nitrogens with two attached hydrogens (primary N) is 1. The molecule has 0 spiro atoms. The quantitative estimate of drug-likeness (QED) is 0.0377. The van der Waals surface area contributed by atoms with Crippen LogP contribution in [0.2, 0.25) is 0 Å². The molecule has 1 aliphatic carbocycles. The zero-order valence-electron chi connectivity index (χ0n) is 31.9. The van der Waals surface area contributed by atoms with E-state index in [1.807, 2.05) is 0 Å². The van der Waals surface area contributed by atoms with Gasteiger partial charge in [0.1, 0.15) is 17.2 Å². The molecular weight excluding hydrogens is 848 g/mol. The van der Waals surface area contributed by atoms with Crippen molar-refractivity contribution in [3.05, 3.63) is 53.3 Å². The van der Waals surface area contributed by atoms with Crippen molar-refractivity contribution in [1.29, 1.82) is 0 Å². The molecule has 0 atom stereocenters. The van der Waals surface area contributed by atoms with Gasteiger partial charge in [0.05, 0.1) is 31.2 Å². The molecule has 4 rings (SSSR count). The summed E-state index contributed by atoms with van der Waals surface area (Å²) in [5, 5.41) is 3.23. The molecule has 3 N–H and O–H groups in total. The average Bonchev–Trinajstić information content (AvgIpc) is 3.95. The molecule has 2 aromatic carbocycles. The minimum atomic E-state index is -3.94. The number of halogens is 2. The van der Waals surface area contributed by atoms with Gasteiger partial charge in [0.15, 0.2) is 11.6 Å². The molecule has 1 fully saturated rings. The molecule has 0 aliphatic heterocycles. The number of carbonyl (C=O) groups excluding carboxylic acids is 5. The van der Waals surface area contributed by atoms with Crippen molar-refractivity contribution in [3.8, 4) is 11.3 Å². The number of unbranched alkanes of at least 4 members (excludes halogenated alkanes) is 3. The fourth-order valence-corrected chi connectivity index (χ4v) is 7.62. The summed E-state index contributed by atoms with van der Waals surface area (Å²) >= 11 is -0.0461. The number of methoxy groups -OCH3 is 2. The van der Waals surface area contributed by atoms with Gasteiger partial charge < -0.3 is 14.5 Å². The van der Waals surface area contributed by atoms with Gasteiger partial charge in [0.2, 0.25) is 15.9 Å². The third-order valence-electron chi connectivity index (χ3n) is 8.89. The second-order valence-electron chi connectivity index (χ2n) is 13.2. The Balaban J connectivity index is 0.000000641. The number of ether oxygens (including phenoxy) is 2. The molecule has 55 heavy (non-hydrogen) atoms. The van der Waals surface area contributed by atoms with Crippen LogP contribution in [-0.2, 0) is 38.7 Å². The van der Waals surface area contributed by atoms with Crippen molar-refractivity contribution in [2.75, 3.05) is 42.3 Å². The number of hydrogen-bond acceptors (Lipinski definition) is 11. The summed E-state index contributed by atoms with van der Waals surface area (Å²) in [4.78, 5) is 60.1. The number of ketones is 2. The Bertz CT molecular complexity index is 1900. The van der Waals surface area contributed by atoms with Crippen LogP contribution < -0.4 is 35.0 Å². The minimum absolute atomic E-state index is 0.0461. The molecule has 1 amide bonds. The van der Waals surface area contributed by atoms with Crippen LogP contribution in [0.4, 0.5) is 10.1 Å². The second-order valence-corrected chi connectivity index (χ2v) is 17.1. The summed E-state index contributed by atoms with van der Waals surface area (Å²) in [5.41, 5.74) is 2.11. The van der Waals surface area contributed by atoms with Crippen LogP contribution >= 0.6 is 0 Å². The number of nitrogens with one attached hydrogen (secondary N) is 1. The number of sulfonamides is 1. The molecule has 1 aliphatic rings. The Kier molecular flexibility index (Phi) is 18.7. The normalized spacial score (nSPS) is 12.5. The predicted octanol–water partition coefficient (Wildman–Crippen LogP) is 2.97. The Morgan fingerprint density at radius 2 is 1.56 bits per heavy atom. The number of rotatable bonds is 22. The van der Waals surface area contributed by atoms with Gasteiger partial charge in [0.25, 0.3) is 0 Å². The first-order valence-electron chi connectivity index (χ1n) is 18.3.